The molecule has 3 aliphatic rings. The van der Waals surface area contributed by atoms with Gasteiger partial charge in [-0.2, -0.15) is 0 Å². The van der Waals surface area contributed by atoms with Gasteiger partial charge in [0.25, 0.3) is 0 Å². The number of halogens is 1. The number of unbranched alkanes of at least 4 members (excludes halogenated alkanes) is 2. The van der Waals surface area contributed by atoms with Gasteiger partial charge in [-0.25, -0.2) is 4.79 Å². The van der Waals surface area contributed by atoms with E-state index in [1.165, 1.54) is 12.0 Å². The zero-order chi connectivity index (χ0) is 41.8. The third-order valence-corrected chi connectivity index (χ3v) is 11.7. The monoisotopic (exact) mass is 830 g/mol. The van der Waals surface area contributed by atoms with Gasteiger partial charge in [0.1, 0.15) is 42.3 Å². The van der Waals surface area contributed by atoms with Crippen molar-refractivity contribution in [2.45, 2.75) is 69.3 Å². The number of fused-ring (bicyclic) bond motifs is 2. The Morgan fingerprint density at radius 1 is 1.03 bits per heavy atom. The number of likely N-dealkylation sites (N-methyl/N-ethyl adjacent to an activating group) is 1. The van der Waals surface area contributed by atoms with Crippen molar-refractivity contribution in [1.29, 1.82) is 0 Å². The summed E-state index contributed by atoms with van der Waals surface area (Å²) in [7, 11) is 3.18. The zero-order valence-corrected chi connectivity index (χ0v) is 34.6. The van der Waals surface area contributed by atoms with E-state index >= 15 is 0 Å². The lowest BCUT2D eigenvalue weighted by atomic mass is 9.55. The van der Waals surface area contributed by atoms with Crippen LogP contribution in [0.1, 0.15) is 72.3 Å². The second kappa shape index (κ2) is 20.9. The Labute approximate surface area is 351 Å². The molecule has 13 heteroatoms. The molecule has 0 bridgehead atoms. The number of amides is 1. The van der Waals surface area contributed by atoms with Crippen molar-refractivity contribution >= 4 is 29.7 Å². The van der Waals surface area contributed by atoms with Crippen LogP contribution in [0.15, 0.2) is 96.2 Å². The minimum atomic E-state index is -1.44. The van der Waals surface area contributed by atoms with Crippen LogP contribution in [-0.2, 0) is 20.9 Å². The van der Waals surface area contributed by atoms with E-state index in [0.717, 1.165) is 48.7 Å². The number of hydrogen-bond donors (Lipinski definition) is 2. The Morgan fingerprint density at radius 3 is 2.49 bits per heavy atom. The molecular formula is C46H55ClN2O10. The Balaban J connectivity index is 1.55. The van der Waals surface area contributed by atoms with E-state index < -0.39 is 23.8 Å². The summed E-state index contributed by atoms with van der Waals surface area (Å²) in [4.78, 5) is 33.3. The summed E-state index contributed by atoms with van der Waals surface area (Å²) in [6, 6.07) is 19.8. The molecule has 3 aromatic carbocycles. The van der Waals surface area contributed by atoms with Gasteiger partial charge < -0.3 is 43.6 Å². The summed E-state index contributed by atoms with van der Waals surface area (Å²) >= 11 is 5.95. The summed E-state index contributed by atoms with van der Waals surface area (Å²) in [6.45, 7) is 4.51. The molecule has 316 valence electrons. The van der Waals surface area contributed by atoms with Crippen molar-refractivity contribution in [3.05, 3.63) is 108 Å². The van der Waals surface area contributed by atoms with Crippen molar-refractivity contribution in [1.82, 2.24) is 4.90 Å². The van der Waals surface area contributed by atoms with Crippen LogP contribution in [0.25, 0.3) is 0 Å². The van der Waals surface area contributed by atoms with Crippen LogP contribution in [0.5, 0.6) is 23.0 Å². The molecule has 1 heterocycles. The number of methoxy groups -OCH3 is 1. The first-order chi connectivity index (χ1) is 28.8. The largest absolute Gasteiger partial charge is 0.496 e. The molecule has 1 fully saturated rings. The third kappa shape index (κ3) is 9.78. The second-order valence-corrected chi connectivity index (χ2v) is 15.4. The zero-order valence-electron chi connectivity index (χ0n) is 33.8. The SMILES string of the molecule is C=CCO[C@@]12Oc3ccc(Oc4ccc(OC)c(C=O)c4)cc3[C@H]3[C@H](CCCCO)[C@@H](CCCCO)C=C(C(=NOCc4ccccc4)C[C@@H]1N(C)C(=O)OCCCl)[C@H]32. The number of aliphatic hydroxyl groups is 2. The molecule has 2 N–H and O–H groups in total. The van der Waals surface area contributed by atoms with Crippen LogP contribution in [-0.4, -0.2) is 91.5 Å². The van der Waals surface area contributed by atoms with Gasteiger partial charge in [-0.3, -0.25) is 4.79 Å². The van der Waals surface area contributed by atoms with Crippen molar-refractivity contribution in [2.75, 3.05) is 46.5 Å². The Hall–Kier alpha value is -4.88. The second-order valence-electron chi connectivity index (χ2n) is 15.1. The van der Waals surface area contributed by atoms with Gasteiger partial charge in [0.05, 0.1) is 36.8 Å². The minimum Gasteiger partial charge on any atom is -0.496 e. The van der Waals surface area contributed by atoms with E-state index in [1.54, 1.807) is 31.3 Å². The maximum atomic E-state index is 13.8. The minimum absolute atomic E-state index is 0.0139. The summed E-state index contributed by atoms with van der Waals surface area (Å²) < 4.78 is 31.4. The van der Waals surface area contributed by atoms with Crippen LogP contribution in [0, 0.1) is 17.8 Å². The first kappa shape index (κ1) is 43.7. The molecule has 59 heavy (non-hydrogen) atoms. The molecule has 1 saturated carbocycles. The molecule has 0 spiro atoms. The number of ether oxygens (including phenoxy) is 5. The highest BCUT2D eigenvalue weighted by molar-refractivity contribution is 6.18. The van der Waals surface area contributed by atoms with Gasteiger partial charge >= 0.3 is 6.09 Å². The van der Waals surface area contributed by atoms with Gasteiger partial charge in [-0.1, -0.05) is 60.5 Å². The number of oxime groups is 1. The average Bonchev–Trinajstić information content (AvgIpc) is 3.26. The fraction of sp³-hybridized carbons (Fsp3) is 0.457. The number of carbonyl (C=O) groups is 2. The average molecular weight is 831 g/mol. The van der Waals surface area contributed by atoms with Crippen molar-refractivity contribution in [3.8, 4) is 23.0 Å². The highest BCUT2D eigenvalue weighted by Gasteiger charge is 2.65. The number of rotatable bonds is 21. The number of allylic oxidation sites excluding steroid dienone is 1. The highest BCUT2D eigenvalue weighted by Crippen LogP contribution is 2.62. The summed E-state index contributed by atoms with van der Waals surface area (Å²) in [5.41, 5.74) is 3.77. The summed E-state index contributed by atoms with van der Waals surface area (Å²) in [6.07, 6.45) is 8.75. The number of aldehydes is 1. The molecule has 0 saturated heterocycles. The summed E-state index contributed by atoms with van der Waals surface area (Å²) in [5.74, 6) is -0.0198. The molecule has 6 atom stereocenters. The van der Waals surface area contributed by atoms with E-state index in [-0.39, 0.29) is 63.1 Å². The lowest BCUT2D eigenvalue weighted by Crippen LogP contribution is -2.69. The molecule has 2 aliphatic carbocycles. The van der Waals surface area contributed by atoms with Crippen LogP contribution >= 0.6 is 11.6 Å². The number of nitrogens with zero attached hydrogens (tertiary/aromatic N) is 2. The van der Waals surface area contributed by atoms with E-state index in [4.69, 9.17) is 45.3 Å². The maximum absolute atomic E-state index is 13.8. The quantitative estimate of drug-likeness (QED) is 0.0353. The van der Waals surface area contributed by atoms with Crippen molar-refractivity contribution in [3.63, 3.8) is 0 Å². The lowest BCUT2D eigenvalue weighted by molar-refractivity contribution is -0.253. The molecule has 0 unspecified atom stereocenters. The van der Waals surface area contributed by atoms with E-state index in [9.17, 15) is 19.8 Å². The molecule has 12 nitrogen and oxygen atoms in total. The molecule has 3 aromatic rings. The Bertz CT molecular complexity index is 1960. The van der Waals surface area contributed by atoms with Gasteiger partial charge in [0, 0.05) is 38.2 Å². The van der Waals surface area contributed by atoms with E-state index in [0.29, 0.717) is 47.1 Å². The molecule has 0 radical (unpaired) electrons. The number of alkyl halides is 1. The van der Waals surface area contributed by atoms with Crippen molar-refractivity contribution < 1.29 is 48.3 Å². The lowest BCUT2D eigenvalue weighted by Gasteiger charge is -2.59. The Kier molecular flexibility index (Phi) is 15.5. The highest BCUT2D eigenvalue weighted by atomic mass is 35.5. The molecular weight excluding hydrogens is 776 g/mol. The topological polar surface area (TPSA) is 146 Å². The number of hydrogen-bond acceptors (Lipinski definition) is 11. The van der Waals surface area contributed by atoms with Crippen LogP contribution in [0.3, 0.4) is 0 Å². The smallest absolute Gasteiger partial charge is 0.410 e. The van der Waals surface area contributed by atoms with Crippen molar-refractivity contribution in [2.24, 2.45) is 22.9 Å². The standard InChI is InChI=1S/C46H55ClN2O10/c1-4-23-56-46-42(49(2)45(53)55-24-20-47)28-39(48-57-30-31-12-6-5-7-13-31)37-26-32(14-8-10-21-50)36(15-9-11-22-51)43(44(37)46)38-27-35(17-19-41(38)59-46)58-34-16-18-40(54-3)33(25-34)29-52/h4-7,12-13,16-19,25-27,29,32,36,42-44,50-51H,1,8-11,14-15,20-24,28,30H2,2-3H3/t32-,36+,42-,43+,44+,46+/m0/s1. The normalized spacial score (nSPS) is 23.5. The van der Waals surface area contributed by atoms with E-state index in [1.807, 2.05) is 48.5 Å². The molecule has 1 amide bonds. The third-order valence-electron chi connectivity index (χ3n) is 11.5. The van der Waals surface area contributed by atoms with E-state index in [2.05, 4.69) is 12.7 Å². The Morgan fingerprint density at radius 2 is 1.78 bits per heavy atom. The van der Waals surface area contributed by atoms with Gasteiger partial charge in [-0.05, 0) is 85.1 Å². The number of carbonyl (C=O) groups excluding carboxylic acids is 2. The van der Waals surface area contributed by atoms with Crippen LogP contribution < -0.4 is 14.2 Å². The summed E-state index contributed by atoms with van der Waals surface area (Å²) in [5, 5.41) is 24.6. The van der Waals surface area contributed by atoms with Gasteiger partial charge in [0.2, 0.25) is 5.79 Å². The van der Waals surface area contributed by atoms with Gasteiger partial charge in [-0.15, -0.1) is 18.2 Å². The first-order valence-electron chi connectivity index (χ1n) is 20.3. The predicted molar refractivity (Wildman–Crippen MR) is 224 cm³/mol. The molecule has 6 rings (SSSR count). The fourth-order valence-electron chi connectivity index (χ4n) is 8.91. The van der Waals surface area contributed by atoms with Gasteiger partial charge in [0.15, 0.2) is 6.29 Å². The van der Waals surface area contributed by atoms with Crippen LogP contribution in [0.2, 0.25) is 0 Å². The molecule has 1 aliphatic heterocycles. The first-order valence-corrected chi connectivity index (χ1v) is 20.9. The predicted octanol–water partition coefficient (Wildman–Crippen LogP) is 8.44. The fourth-order valence-corrected chi connectivity index (χ4v) is 8.99. The van der Waals surface area contributed by atoms with Crippen LogP contribution in [0.4, 0.5) is 4.79 Å². The molecule has 0 aromatic heterocycles. The maximum Gasteiger partial charge on any atom is 0.410 e. The number of benzene rings is 3. The number of aliphatic hydroxyl groups excluding tert-OH is 2.